The van der Waals surface area contributed by atoms with Crippen molar-refractivity contribution < 1.29 is 9.18 Å². The Morgan fingerprint density at radius 3 is 2.74 bits per heavy atom. The average molecular weight is 427 g/mol. The summed E-state index contributed by atoms with van der Waals surface area (Å²) in [7, 11) is 1.82. The van der Waals surface area contributed by atoms with Crippen molar-refractivity contribution in [2.24, 2.45) is 7.05 Å². The smallest absolute Gasteiger partial charge is 0.243 e. The molecule has 0 unspecified atom stereocenters. The minimum absolute atomic E-state index is 0.0730. The fraction of sp³-hybridized carbons (Fsp3) is 0.450. The van der Waals surface area contributed by atoms with Crippen LogP contribution in [0.2, 0.25) is 0 Å². The molecule has 1 fully saturated rings. The Bertz CT molecular complexity index is 1130. The maximum Gasteiger partial charge on any atom is 0.243 e. The highest BCUT2D eigenvalue weighted by atomic mass is 19.1. The predicted molar refractivity (Wildman–Crippen MR) is 116 cm³/mol. The molecule has 0 bridgehead atoms. The van der Waals surface area contributed by atoms with Crippen LogP contribution in [0.25, 0.3) is 11.2 Å². The van der Waals surface area contributed by atoms with E-state index < -0.39 is 18.1 Å². The van der Waals surface area contributed by atoms with E-state index in [1.54, 1.807) is 22.1 Å². The van der Waals surface area contributed by atoms with Gasteiger partial charge in [-0.3, -0.25) is 9.48 Å². The van der Waals surface area contributed by atoms with Crippen LogP contribution in [0, 0.1) is 0 Å². The van der Waals surface area contributed by atoms with Crippen LogP contribution in [0.4, 0.5) is 21.8 Å². The number of carbonyl (C=O) groups excluding carboxylic acids is 1. The van der Waals surface area contributed by atoms with Crippen molar-refractivity contribution in [2.75, 3.05) is 23.3 Å². The number of rotatable bonds is 5. The summed E-state index contributed by atoms with van der Waals surface area (Å²) in [6, 6.07) is -0.660. The van der Waals surface area contributed by atoms with E-state index in [0.717, 1.165) is 11.8 Å². The number of halogens is 1. The van der Waals surface area contributed by atoms with Crippen LogP contribution in [-0.4, -0.2) is 60.5 Å². The molecule has 4 heterocycles. The number of fused-ring (bicyclic) bond motifs is 1. The lowest BCUT2D eigenvalue weighted by Crippen LogP contribution is -2.40. The molecule has 31 heavy (non-hydrogen) atoms. The number of aryl methyl sites for hydroxylation is 1. The number of hydrogen-bond acceptors (Lipinski definition) is 7. The molecule has 4 rings (SSSR count). The van der Waals surface area contributed by atoms with Gasteiger partial charge in [0.25, 0.3) is 0 Å². The van der Waals surface area contributed by atoms with E-state index in [0.29, 0.717) is 22.9 Å². The van der Waals surface area contributed by atoms with Gasteiger partial charge in [0.05, 0.1) is 30.8 Å². The first-order valence-corrected chi connectivity index (χ1v) is 9.99. The maximum atomic E-state index is 14.6. The van der Waals surface area contributed by atoms with E-state index in [9.17, 15) is 9.18 Å². The topological polar surface area (TPSA) is 106 Å². The molecule has 0 aliphatic carbocycles. The van der Waals surface area contributed by atoms with Crippen LogP contribution in [0.15, 0.2) is 31.4 Å². The molecule has 0 spiro atoms. The van der Waals surface area contributed by atoms with E-state index in [4.69, 9.17) is 4.98 Å². The summed E-state index contributed by atoms with van der Waals surface area (Å²) in [5, 5.41) is 10.0. The van der Waals surface area contributed by atoms with Gasteiger partial charge in [0.2, 0.25) is 11.9 Å². The lowest BCUT2D eigenvalue weighted by molar-refractivity contribution is -0.117. The van der Waals surface area contributed by atoms with Crippen LogP contribution in [0.1, 0.15) is 20.8 Å². The van der Waals surface area contributed by atoms with Crippen molar-refractivity contribution in [1.82, 2.24) is 34.6 Å². The van der Waals surface area contributed by atoms with Gasteiger partial charge in [-0.1, -0.05) is 6.58 Å². The third-order valence-electron chi connectivity index (χ3n) is 5.12. The highest BCUT2D eigenvalue weighted by Crippen LogP contribution is 2.30. The van der Waals surface area contributed by atoms with Gasteiger partial charge in [-0.25, -0.2) is 9.37 Å². The molecular weight excluding hydrogens is 401 g/mol. The van der Waals surface area contributed by atoms with Crippen molar-refractivity contribution in [1.29, 1.82) is 0 Å². The minimum atomic E-state index is -1.24. The van der Waals surface area contributed by atoms with Crippen molar-refractivity contribution >= 4 is 34.5 Å². The minimum Gasteiger partial charge on any atom is -0.345 e. The van der Waals surface area contributed by atoms with Crippen LogP contribution in [0.5, 0.6) is 0 Å². The van der Waals surface area contributed by atoms with Crippen LogP contribution in [0.3, 0.4) is 0 Å². The fourth-order valence-electron chi connectivity index (χ4n) is 3.54. The Balaban J connectivity index is 1.74. The van der Waals surface area contributed by atoms with Crippen LogP contribution >= 0.6 is 0 Å². The number of hydrogen-bond donors (Lipinski definition) is 2. The maximum absolute atomic E-state index is 14.6. The molecule has 11 heteroatoms. The molecule has 0 saturated carbocycles. The number of nitrogens with one attached hydrogen (secondary N) is 2. The standard InChI is InChI=1S/C20H26FN9O/c1-6-15(31)25-14-10-29(9-13(14)21)19-26-17(24-12-7-23-28(5)8-12)16-18(27-19)30(11-22-16)20(2,3)4/h6-8,11,13-14H,1,9-10H2,2-5H3,(H,25,31)(H,24,26,27)/t13-,14-/m1/s1. The molecule has 2 atom stereocenters. The number of nitrogens with zero attached hydrogens (tertiary/aromatic N) is 7. The molecule has 0 radical (unpaired) electrons. The third kappa shape index (κ3) is 4.07. The van der Waals surface area contributed by atoms with Gasteiger partial charge < -0.3 is 20.1 Å². The predicted octanol–water partition coefficient (Wildman–Crippen LogP) is 1.89. The summed E-state index contributed by atoms with van der Waals surface area (Å²) in [5.41, 5.74) is 1.73. The van der Waals surface area contributed by atoms with Gasteiger partial charge >= 0.3 is 0 Å². The number of anilines is 3. The number of imidazole rings is 1. The SMILES string of the molecule is C=CC(=O)N[C@@H]1CN(c2nc(Nc3cnn(C)c3)c3ncn(C(C)(C)C)c3n2)C[C@H]1F. The normalized spacial score (nSPS) is 19.1. The highest BCUT2D eigenvalue weighted by Gasteiger charge is 2.35. The first-order valence-electron chi connectivity index (χ1n) is 9.99. The number of aromatic nitrogens is 6. The van der Waals surface area contributed by atoms with Crippen LogP contribution < -0.4 is 15.5 Å². The molecule has 1 amide bonds. The summed E-state index contributed by atoms with van der Waals surface area (Å²) in [6.07, 6.45) is 5.12. The molecule has 10 nitrogen and oxygen atoms in total. The molecule has 0 aromatic carbocycles. The Morgan fingerprint density at radius 2 is 2.10 bits per heavy atom. The zero-order valence-corrected chi connectivity index (χ0v) is 18.0. The van der Waals surface area contributed by atoms with Crippen molar-refractivity contribution in [3.63, 3.8) is 0 Å². The second-order valence-electron chi connectivity index (χ2n) is 8.60. The van der Waals surface area contributed by atoms with E-state index in [1.807, 2.05) is 17.8 Å². The van der Waals surface area contributed by atoms with E-state index >= 15 is 0 Å². The third-order valence-corrected chi connectivity index (χ3v) is 5.12. The summed E-state index contributed by atoms with van der Waals surface area (Å²) in [5.74, 6) is 0.462. The molecule has 1 aliphatic heterocycles. The molecule has 1 aliphatic rings. The highest BCUT2D eigenvalue weighted by molar-refractivity contribution is 5.88. The Morgan fingerprint density at radius 1 is 1.32 bits per heavy atom. The first-order chi connectivity index (χ1) is 14.7. The van der Waals surface area contributed by atoms with E-state index in [-0.39, 0.29) is 18.6 Å². The Hall–Kier alpha value is -3.50. The largest absolute Gasteiger partial charge is 0.345 e. The Labute approximate surface area is 179 Å². The second-order valence-corrected chi connectivity index (χ2v) is 8.60. The fourth-order valence-corrected chi connectivity index (χ4v) is 3.54. The molecule has 2 N–H and O–H groups in total. The Kier molecular flexibility index (Phi) is 5.11. The molecule has 1 saturated heterocycles. The lowest BCUT2D eigenvalue weighted by atomic mass is 10.1. The van der Waals surface area contributed by atoms with Crippen molar-refractivity contribution in [3.05, 3.63) is 31.4 Å². The number of alkyl halides is 1. The first kappa shape index (κ1) is 20.8. The summed E-state index contributed by atoms with van der Waals surface area (Å²) in [4.78, 5) is 27.2. The summed E-state index contributed by atoms with van der Waals surface area (Å²) < 4.78 is 18.2. The zero-order valence-electron chi connectivity index (χ0n) is 18.0. The second kappa shape index (κ2) is 7.64. The van der Waals surface area contributed by atoms with Gasteiger partial charge in [-0.15, -0.1) is 0 Å². The summed E-state index contributed by atoms with van der Waals surface area (Å²) >= 11 is 0. The monoisotopic (exact) mass is 427 g/mol. The average Bonchev–Trinajstić information content (AvgIpc) is 3.40. The lowest BCUT2D eigenvalue weighted by Gasteiger charge is -2.22. The van der Waals surface area contributed by atoms with E-state index in [2.05, 4.69) is 53.1 Å². The number of amides is 1. The zero-order chi connectivity index (χ0) is 22.3. The van der Waals surface area contributed by atoms with Crippen LogP contribution in [-0.2, 0) is 17.4 Å². The van der Waals surface area contributed by atoms with E-state index in [1.165, 1.54) is 0 Å². The summed E-state index contributed by atoms with van der Waals surface area (Å²) in [6.45, 7) is 9.91. The van der Waals surface area contributed by atoms with Gasteiger partial charge in [0.1, 0.15) is 6.17 Å². The quantitative estimate of drug-likeness (QED) is 0.599. The molecule has 164 valence electrons. The molecular formula is C20H26FN9O. The molecule has 3 aromatic rings. The van der Waals surface area contributed by atoms with Crippen molar-refractivity contribution in [2.45, 2.75) is 38.5 Å². The van der Waals surface area contributed by atoms with Gasteiger partial charge in [-0.2, -0.15) is 15.1 Å². The molecule has 3 aromatic heterocycles. The van der Waals surface area contributed by atoms with Gasteiger partial charge in [0, 0.05) is 25.3 Å². The van der Waals surface area contributed by atoms with Crippen molar-refractivity contribution in [3.8, 4) is 0 Å². The van der Waals surface area contributed by atoms with Gasteiger partial charge in [0.15, 0.2) is 17.0 Å². The van der Waals surface area contributed by atoms with Gasteiger partial charge in [-0.05, 0) is 26.8 Å². The number of carbonyl (C=O) groups is 1.